The fourth-order valence-corrected chi connectivity index (χ4v) is 2.53. The minimum atomic E-state index is -0.421. The van der Waals surface area contributed by atoms with Crippen molar-refractivity contribution in [2.75, 3.05) is 12.0 Å². The molecule has 0 spiro atoms. The van der Waals surface area contributed by atoms with Gasteiger partial charge in [0.05, 0.1) is 17.9 Å². The topological polar surface area (TPSA) is 70.1 Å². The van der Waals surface area contributed by atoms with Crippen LogP contribution in [0.15, 0.2) is 39.9 Å². The van der Waals surface area contributed by atoms with E-state index in [9.17, 15) is 9.59 Å². The molecule has 0 amide bonds. The van der Waals surface area contributed by atoms with Gasteiger partial charge in [0.25, 0.3) is 5.56 Å². The summed E-state index contributed by atoms with van der Waals surface area (Å²) in [4.78, 5) is 28.8. The normalized spacial score (nSPS) is 14.8. The molecular weight excluding hydrogens is 268 g/mol. The summed E-state index contributed by atoms with van der Waals surface area (Å²) in [6.45, 7) is 5.30. The summed E-state index contributed by atoms with van der Waals surface area (Å²) in [5.74, 6) is 0.590. The fraction of sp³-hybridized carbons (Fsp3) is 0.333. The molecule has 21 heavy (non-hydrogen) atoms. The van der Waals surface area contributed by atoms with Gasteiger partial charge in [-0.2, -0.15) is 0 Å². The second kappa shape index (κ2) is 5.21. The van der Waals surface area contributed by atoms with Crippen molar-refractivity contribution >= 4 is 5.82 Å². The molecular formula is C15H18N4O2. The average molecular weight is 286 g/mol. The van der Waals surface area contributed by atoms with E-state index in [4.69, 9.17) is 0 Å². The number of nitrogens with one attached hydrogen (secondary N) is 2. The van der Waals surface area contributed by atoms with Crippen LogP contribution >= 0.6 is 0 Å². The predicted octanol–water partition coefficient (Wildman–Crippen LogP) is 1.12. The third-order valence-corrected chi connectivity index (χ3v) is 3.76. The van der Waals surface area contributed by atoms with E-state index in [0.717, 1.165) is 5.69 Å². The molecule has 0 fully saturated rings. The van der Waals surface area contributed by atoms with E-state index in [2.05, 4.69) is 29.0 Å². The van der Waals surface area contributed by atoms with Crippen molar-refractivity contribution in [1.82, 2.24) is 14.5 Å². The molecule has 1 aromatic carbocycles. The zero-order valence-electron chi connectivity index (χ0n) is 12.1. The smallest absolute Gasteiger partial charge is 0.334 e. The summed E-state index contributed by atoms with van der Waals surface area (Å²) in [7, 11) is 0. The highest BCUT2D eigenvalue weighted by Gasteiger charge is 2.24. The zero-order valence-corrected chi connectivity index (χ0v) is 12.1. The van der Waals surface area contributed by atoms with E-state index < -0.39 is 5.69 Å². The maximum atomic E-state index is 12.2. The van der Waals surface area contributed by atoms with Gasteiger partial charge >= 0.3 is 5.69 Å². The molecule has 2 aromatic rings. The average Bonchev–Trinajstić information content (AvgIpc) is 2.48. The Hall–Kier alpha value is -2.34. The van der Waals surface area contributed by atoms with Gasteiger partial charge in [-0.05, 0) is 26.0 Å². The largest absolute Gasteiger partial charge is 0.358 e. The van der Waals surface area contributed by atoms with Crippen LogP contribution in [0.5, 0.6) is 0 Å². The van der Waals surface area contributed by atoms with Crippen LogP contribution in [0.3, 0.4) is 0 Å². The van der Waals surface area contributed by atoms with Crippen LogP contribution in [0.25, 0.3) is 5.69 Å². The predicted molar refractivity (Wildman–Crippen MR) is 81.8 cm³/mol. The van der Waals surface area contributed by atoms with Crippen LogP contribution < -0.4 is 16.6 Å². The van der Waals surface area contributed by atoms with Gasteiger partial charge < -0.3 is 5.32 Å². The van der Waals surface area contributed by atoms with Crippen molar-refractivity contribution in [2.24, 2.45) is 0 Å². The van der Waals surface area contributed by atoms with Gasteiger partial charge in [0.2, 0.25) is 0 Å². The summed E-state index contributed by atoms with van der Waals surface area (Å²) < 4.78 is 1.52. The molecule has 1 aromatic heterocycles. The second-order valence-electron chi connectivity index (χ2n) is 5.43. The van der Waals surface area contributed by atoms with E-state index in [1.54, 1.807) is 0 Å². The number of aromatic amines is 1. The monoisotopic (exact) mass is 286 g/mol. The van der Waals surface area contributed by atoms with Crippen LogP contribution in [0.1, 0.15) is 19.4 Å². The van der Waals surface area contributed by atoms with Crippen LogP contribution in [-0.2, 0) is 6.54 Å². The molecule has 2 heterocycles. The molecule has 0 saturated carbocycles. The van der Waals surface area contributed by atoms with E-state index in [1.807, 2.05) is 30.3 Å². The van der Waals surface area contributed by atoms with Crippen molar-refractivity contribution in [3.63, 3.8) is 0 Å². The molecule has 0 saturated heterocycles. The number of fused-ring (bicyclic) bond motifs is 1. The molecule has 2 N–H and O–H groups in total. The lowest BCUT2D eigenvalue weighted by atomic mass is 10.2. The van der Waals surface area contributed by atoms with Crippen molar-refractivity contribution in [3.05, 3.63) is 56.7 Å². The van der Waals surface area contributed by atoms with Gasteiger partial charge in [-0.15, -0.1) is 0 Å². The highest BCUT2D eigenvalue weighted by atomic mass is 16.2. The molecule has 3 rings (SSSR count). The van der Waals surface area contributed by atoms with Gasteiger partial charge in [0.1, 0.15) is 5.82 Å². The Morgan fingerprint density at radius 2 is 1.86 bits per heavy atom. The Morgan fingerprint density at radius 3 is 2.52 bits per heavy atom. The number of anilines is 1. The first-order valence-electron chi connectivity index (χ1n) is 6.99. The quantitative estimate of drug-likeness (QED) is 0.868. The Kier molecular flexibility index (Phi) is 3.39. The Labute approximate surface area is 122 Å². The van der Waals surface area contributed by atoms with Crippen molar-refractivity contribution < 1.29 is 0 Å². The van der Waals surface area contributed by atoms with Crippen molar-refractivity contribution in [3.8, 4) is 5.69 Å². The number of aromatic nitrogens is 2. The number of benzene rings is 1. The first-order valence-corrected chi connectivity index (χ1v) is 6.99. The molecule has 6 heteroatoms. The van der Waals surface area contributed by atoms with Crippen LogP contribution in [0.4, 0.5) is 5.82 Å². The number of rotatable bonds is 2. The summed E-state index contributed by atoms with van der Waals surface area (Å²) in [5.41, 5.74) is 0.592. The lowest BCUT2D eigenvalue weighted by molar-refractivity contribution is 0.219. The Morgan fingerprint density at radius 1 is 1.14 bits per heavy atom. The van der Waals surface area contributed by atoms with E-state index in [1.165, 1.54) is 4.57 Å². The summed E-state index contributed by atoms with van der Waals surface area (Å²) in [6, 6.07) is 9.63. The van der Waals surface area contributed by atoms with Gasteiger partial charge in [-0.3, -0.25) is 14.7 Å². The molecule has 0 radical (unpaired) electrons. The molecule has 0 unspecified atom stereocenters. The van der Waals surface area contributed by atoms with E-state index >= 15 is 0 Å². The standard InChI is InChI=1S/C15H18N4O2/c1-10(2)18-8-12-13(16-9-18)19(15(21)17-14(12)20)11-6-4-3-5-7-11/h3-7,10,16H,8-9H2,1-2H3,(H,17,20,21). The first-order chi connectivity index (χ1) is 10.1. The van der Waals surface area contributed by atoms with Gasteiger partial charge in [0, 0.05) is 12.6 Å². The first kappa shape index (κ1) is 13.6. The number of H-pyrrole nitrogens is 1. The lowest BCUT2D eigenvalue weighted by Gasteiger charge is -2.33. The fourth-order valence-electron chi connectivity index (χ4n) is 2.53. The Bertz CT molecular complexity index is 761. The maximum absolute atomic E-state index is 12.2. The van der Waals surface area contributed by atoms with Crippen molar-refractivity contribution in [1.29, 1.82) is 0 Å². The molecule has 1 aliphatic heterocycles. The number of hydrogen-bond acceptors (Lipinski definition) is 4. The summed E-state index contributed by atoms with van der Waals surface area (Å²) in [6.07, 6.45) is 0. The van der Waals surface area contributed by atoms with Crippen molar-refractivity contribution in [2.45, 2.75) is 26.4 Å². The maximum Gasteiger partial charge on any atom is 0.334 e. The SMILES string of the molecule is CC(C)N1CNc2c(c(=O)[nH]c(=O)n2-c2ccccc2)C1. The van der Waals surface area contributed by atoms with E-state index in [0.29, 0.717) is 30.6 Å². The highest BCUT2D eigenvalue weighted by Crippen LogP contribution is 2.21. The highest BCUT2D eigenvalue weighted by molar-refractivity contribution is 5.51. The third kappa shape index (κ3) is 2.38. The molecule has 6 nitrogen and oxygen atoms in total. The molecule has 0 aliphatic carbocycles. The number of nitrogens with zero attached hydrogens (tertiary/aromatic N) is 2. The summed E-state index contributed by atoms with van der Waals surface area (Å²) >= 11 is 0. The molecule has 0 bridgehead atoms. The molecule has 1 aliphatic rings. The molecule has 0 atom stereocenters. The van der Waals surface area contributed by atoms with Crippen LogP contribution in [0.2, 0.25) is 0 Å². The van der Waals surface area contributed by atoms with Crippen LogP contribution in [-0.4, -0.2) is 27.2 Å². The summed E-state index contributed by atoms with van der Waals surface area (Å²) in [5, 5.41) is 3.21. The zero-order chi connectivity index (χ0) is 15.0. The second-order valence-corrected chi connectivity index (χ2v) is 5.43. The Balaban J connectivity index is 2.19. The third-order valence-electron chi connectivity index (χ3n) is 3.76. The minimum absolute atomic E-state index is 0.319. The van der Waals surface area contributed by atoms with Gasteiger partial charge in [0.15, 0.2) is 0 Å². The van der Waals surface area contributed by atoms with E-state index in [-0.39, 0.29) is 5.56 Å². The lowest BCUT2D eigenvalue weighted by Crippen LogP contribution is -2.45. The number of hydrogen-bond donors (Lipinski definition) is 2. The van der Waals surface area contributed by atoms with Gasteiger partial charge in [-0.1, -0.05) is 18.2 Å². The minimum Gasteiger partial charge on any atom is -0.358 e. The van der Waals surface area contributed by atoms with Crippen LogP contribution in [0, 0.1) is 0 Å². The number of para-hydroxylation sites is 1. The molecule has 110 valence electrons. The van der Waals surface area contributed by atoms with Gasteiger partial charge in [-0.25, -0.2) is 9.36 Å².